The van der Waals surface area contributed by atoms with Crippen molar-refractivity contribution in [3.05, 3.63) is 23.3 Å². The summed E-state index contributed by atoms with van der Waals surface area (Å²) in [7, 11) is 0. The summed E-state index contributed by atoms with van der Waals surface area (Å²) in [5, 5.41) is 0. The number of hydrogen-bond acceptors (Lipinski definition) is 2. The van der Waals surface area contributed by atoms with Crippen LogP contribution in [-0.4, -0.2) is 12.2 Å². The topological polar surface area (TPSA) is 18.5 Å². The Labute approximate surface area is 97.6 Å². The van der Waals surface area contributed by atoms with E-state index in [1.165, 1.54) is 11.1 Å². The first-order valence-electron chi connectivity index (χ1n) is 6.21. The normalized spacial score (nSPS) is 24.8. The molecule has 2 heterocycles. The van der Waals surface area contributed by atoms with Gasteiger partial charge < -0.3 is 9.47 Å². The van der Waals surface area contributed by atoms with E-state index in [-0.39, 0.29) is 0 Å². The van der Waals surface area contributed by atoms with Crippen LogP contribution < -0.4 is 9.47 Å². The van der Waals surface area contributed by atoms with Gasteiger partial charge in [-0.15, -0.1) is 0 Å². The van der Waals surface area contributed by atoms with Crippen molar-refractivity contribution in [2.45, 2.75) is 52.7 Å². The van der Waals surface area contributed by atoms with Crippen molar-refractivity contribution in [3.63, 3.8) is 0 Å². The van der Waals surface area contributed by atoms with E-state index in [1.54, 1.807) is 0 Å². The summed E-state index contributed by atoms with van der Waals surface area (Å²) in [5.41, 5.74) is 2.59. The van der Waals surface area contributed by atoms with Crippen molar-refractivity contribution < 1.29 is 9.47 Å². The van der Waals surface area contributed by atoms with Crippen LogP contribution in [0.25, 0.3) is 0 Å². The van der Waals surface area contributed by atoms with E-state index >= 15 is 0 Å². The van der Waals surface area contributed by atoms with E-state index in [9.17, 15) is 0 Å². The van der Waals surface area contributed by atoms with Crippen LogP contribution in [0, 0.1) is 0 Å². The lowest BCUT2D eigenvalue weighted by Gasteiger charge is -2.04. The summed E-state index contributed by atoms with van der Waals surface area (Å²) in [6.07, 6.45) is 2.68. The van der Waals surface area contributed by atoms with Gasteiger partial charge in [0, 0.05) is 24.0 Å². The van der Waals surface area contributed by atoms with Gasteiger partial charge in [0.1, 0.15) is 23.7 Å². The molecule has 0 spiro atoms. The smallest absolute Gasteiger partial charge is 0.123 e. The highest BCUT2D eigenvalue weighted by molar-refractivity contribution is 5.50. The Hall–Kier alpha value is -1.18. The van der Waals surface area contributed by atoms with E-state index in [0.717, 1.165) is 24.3 Å². The second-order valence-electron chi connectivity index (χ2n) is 4.33. The maximum atomic E-state index is 5.71. The molecular formula is C14H20O2. The fourth-order valence-electron chi connectivity index (χ4n) is 2.32. The summed E-state index contributed by atoms with van der Waals surface area (Å²) in [4.78, 5) is 0. The van der Waals surface area contributed by atoms with Crippen molar-refractivity contribution in [3.8, 4) is 11.5 Å². The lowest BCUT2D eigenvalue weighted by Crippen LogP contribution is -2.06. The first-order valence-corrected chi connectivity index (χ1v) is 6.21. The maximum absolute atomic E-state index is 5.71. The highest BCUT2D eigenvalue weighted by atomic mass is 16.5. The Morgan fingerprint density at radius 2 is 1.25 bits per heavy atom. The SMILES string of the molecule is CC.CC1Cc2cc3c(cc2O1)CC(C)O3. The maximum Gasteiger partial charge on any atom is 0.123 e. The van der Waals surface area contributed by atoms with E-state index in [2.05, 4.69) is 26.0 Å². The predicted molar refractivity (Wildman–Crippen MR) is 65.4 cm³/mol. The van der Waals surface area contributed by atoms with Crippen LogP contribution in [0.1, 0.15) is 38.8 Å². The van der Waals surface area contributed by atoms with Crippen LogP contribution in [-0.2, 0) is 12.8 Å². The average molecular weight is 220 g/mol. The third-order valence-corrected chi connectivity index (χ3v) is 2.91. The number of hydrogen-bond donors (Lipinski definition) is 0. The zero-order valence-electron chi connectivity index (χ0n) is 10.5. The molecule has 3 rings (SSSR count). The zero-order valence-corrected chi connectivity index (χ0v) is 10.5. The van der Waals surface area contributed by atoms with Gasteiger partial charge in [-0.25, -0.2) is 0 Å². The molecule has 0 amide bonds. The van der Waals surface area contributed by atoms with Crippen LogP contribution in [0.4, 0.5) is 0 Å². The highest BCUT2D eigenvalue weighted by Crippen LogP contribution is 2.38. The molecule has 0 bridgehead atoms. The van der Waals surface area contributed by atoms with E-state index in [0.29, 0.717) is 12.2 Å². The minimum Gasteiger partial charge on any atom is -0.490 e. The summed E-state index contributed by atoms with van der Waals surface area (Å²) in [6, 6.07) is 4.30. The molecule has 2 atom stereocenters. The van der Waals surface area contributed by atoms with Crippen LogP contribution >= 0.6 is 0 Å². The van der Waals surface area contributed by atoms with Gasteiger partial charge in [-0.1, -0.05) is 13.8 Å². The van der Waals surface area contributed by atoms with Crippen molar-refractivity contribution in [2.75, 3.05) is 0 Å². The van der Waals surface area contributed by atoms with Crippen LogP contribution in [0.2, 0.25) is 0 Å². The highest BCUT2D eigenvalue weighted by Gasteiger charge is 2.26. The van der Waals surface area contributed by atoms with Crippen LogP contribution in [0.5, 0.6) is 11.5 Å². The molecule has 0 N–H and O–H groups in total. The Balaban J connectivity index is 0.000000457. The molecule has 0 saturated heterocycles. The monoisotopic (exact) mass is 220 g/mol. The molecule has 1 aromatic carbocycles. The standard InChI is InChI=1S/C12H14O2.C2H6/c1-7-3-9-5-12-10(4-8(2)14-12)6-11(9)13-7;1-2/h5-8H,3-4H2,1-2H3;1-2H3. The summed E-state index contributed by atoms with van der Waals surface area (Å²) < 4.78 is 11.4. The molecule has 0 radical (unpaired) electrons. The van der Waals surface area contributed by atoms with Gasteiger partial charge in [-0.05, 0) is 26.0 Å². The lowest BCUT2D eigenvalue weighted by molar-refractivity contribution is 0.253. The summed E-state index contributed by atoms with van der Waals surface area (Å²) in [6.45, 7) is 8.21. The third kappa shape index (κ3) is 1.89. The van der Waals surface area contributed by atoms with Crippen molar-refractivity contribution in [1.29, 1.82) is 0 Å². The van der Waals surface area contributed by atoms with Gasteiger partial charge in [0.25, 0.3) is 0 Å². The van der Waals surface area contributed by atoms with E-state index < -0.39 is 0 Å². The fourth-order valence-corrected chi connectivity index (χ4v) is 2.32. The number of fused-ring (bicyclic) bond motifs is 2. The Kier molecular flexibility index (Phi) is 3.08. The molecule has 0 fully saturated rings. The van der Waals surface area contributed by atoms with Gasteiger partial charge in [0.15, 0.2) is 0 Å². The van der Waals surface area contributed by atoms with Gasteiger partial charge in [0.05, 0.1) is 0 Å². The second-order valence-corrected chi connectivity index (χ2v) is 4.33. The third-order valence-electron chi connectivity index (χ3n) is 2.91. The van der Waals surface area contributed by atoms with Crippen LogP contribution in [0.15, 0.2) is 12.1 Å². The molecule has 16 heavy (non-hydrogen) atoms. The molecule has 2 nitrogen and oxygen atoms in total. The van der Waals surface area contributed by atoms with Gasteiger partial charge in [-0.2, -0.15) is 0 Å². The largest absolute Gasteiger partial charge is 0.490 e. The first kappa shape index (κ1) is 11.3. The molecule has 88 valence electrons. The molecule has 0 saturated carbocycles. The van der Waals surface area contributed by atoms with E-state index in [4.69, 9.17) is 9.47 Å². The molecule has 2 heteroatoms. The summed E-state index contributed by atoms with van der Waals surface area (Å²) >= 11 is 0. The van der Waals surface area contributed by atoms with Crippen molar-refractivity contribution >= 4 is 0 Å². The minimum absolute atomic E-state index is 0.324. The Morgan fingerprint density at radius 3 is 1.62 bits per heavy atom. The predicted octanol–water partition coefficient (Wildman–Crippen LogP) is 3.36. The minimum atomic E-state index is 0.324. The quantitative estimate of drug-likeness (QED) is 0.667. The van der Waals surface area contributed by atoms with Gasteiger partial charge in [0.2, 0.25) is 0 Å². The number of ether oxygens (including phenoxy) is 2. The number of rotatable bonds is 0. The first-order chi connectivity index (χ1) is 7.72. The molecular weight excluding hydrogens is 200 g/mol. The second kappa shape index (κ2) is 4.36. The molecule has 1 aromatic rings. The van der Waals surface area contributed by atoms with E-state index in [1.807, 2.05) is 13.8 Å². The molecule has 0 aromatic heterocycles. The lowest BCUT2D eigenvalue weighted by atomic mass is 10.1. The van der Waals surface area contributed by atoms with Crippen LogP contribution in [0.3, 0.4) is 0 Å². The fraction of sp³-hybridized carbons (Fsp3) is 0.571. The zero-order chi connectivity index (χ0) is 11.7. The summed E-state index contributed by atoms with van der Waals surface area (Å²) in [5.74, 6) is 2.13. The molecule has 2 aliphatic heterocycles. The average Bonchev–Trinajstić information content (AvgIpc) is 2.76. The molecule has 2 aliphatic rings. The van der Waals surface area contributed by atoms with Crippen molar-refractivity contribution in [1.82, 2.24) is 0 Å². The van der Waals surface area contributed by atoms with Gasteiger partial charge in [-0.3, -0.25) is 0 Å². The molecule has 2 unspecified atom stereocenters. The Morgan fingerprint density at radius 1 is 0.875 bits per heavy atom. The van der Waals surface area contributed by atoms with Gasteiger partial charge >= 0.3 is 0 Å². The van der Waals surface area contributed by atoms with Crippen molar-refractivity contribution in [2.24, 2.45) is 0 Å². The number of benzene rings is 1. The Bertz CT molecular complexity index is 316. The molecule has 0 aliphatic carbocycles.